The Morgan fingerprint density at radius 2 is 1.89 bits per heavy atom. The highest BCUT2D eigenvalue weighted by molar-refractivity contribution is 14.1. The number of benzene rings is 1. The van der Waals surface area contributed by atoms with Crippen molar-refractivity contribution in [2.24, 2.45) is 0 Å². The van der Waals surface area contributed by atoms with E-state index in [-0.39, 0.29) is 12.2 Å². The van der Waals surface area contributed by atoms with E-state index in [9.17, 15) is 5.11 Å². The van der Waals surface area contributed by atoms with Crippen LogP contribution < -0.4 is 4.74 Å². The van der Waals surface area contributed by atoms with Crippen molar-refractivity contribution < 1.29 is 14.6 Å². The Kier molecular flexibility index (Phi) is 5.80. The van der Waals surface area contributed by atoms with Gasteiger partial charge in [0.25, 0.3) is 0 Å². The van der Waals surface area contributed by atoms with E-state index in [2.05, 4.69) is 79.9 Å². The van der Waals surface area contributed by atoms with E-state index < -0.39 is 6.10 Å². The first-order valence-corrected chi connectivity index (χ1v) is 8.87. The van der Waals surface area contributed by atoms with Crippen molar-refractivity contribution in [3.63, 3.8) is 0 Å². The molecule has 3 unspecified atom stereocenters. The minimum atomic E-state index is -0.394. The van der Waals surface area contributed by atoms with Crippen molar-refractivity contribution in [1.29, 1.82) is 0 Å². The summed E-state index contributed by atoms with van der Waals surface area (Å²) in [5, 5.41) is 9.66. The number of hydrogen-bond donors (Lipinski definition) is 1. The van der Waals surface area contributed by atoms with Crippen molar-refractivity contribution >= 4 is 67.8 Å². The van der Waals surface area contributed by atoms with Crippen LogP contribution in [0.15, 0.2) is 12.1 Å². The molecule has 0 amide bonds. The molecule has 6 heteroatoms. The van der Waals surface area contributed by atoms with E-state index in [1.54, 1.807) is 0 Å². The molecule has 0 aliphatic heterocycles. The van der Waals surface area contributed by atoms with Crippen LogP contribution in [-0.4, -0.2) is 30.0 Å². The van der Waals surface area contributed by atoms with Crippen molar-refractivity contribution in [3.8, 4) is 5.75 Å². The van der Waals surface area contributed by atoms with Gasteiger partial charge < -0.3 is 14.6 Å². The van der Waals surface area contributed by atoms with Gasteiger partial charge in [-0.3, -0.25) is 0 Å². The van der Waals surface area contributed by atoms with Crippen molar-refractivity contribution in [1.82, 2.24) is 0 Å². The molecule has 0 spiro atoms. The molecule has 18 heavy (non-hydrogen) atoms. The number of rotatable bonds is 4. The minimum Gasteiger partial charge on any atom is -0.485 e. The quantitative estimate of drug-likeness (QED) is 0.551. The highest BCUT2D eigenvalue weighted by atomic mass is 127. The first-order chi connectivity index (χ1) is 8.52. The smallest absolute Gasteiger partial charge is 0.146 e. The lowest BCUT2D eigenvalue weighted by Crippen LogP contribution is -2.55. The second-order valence-electron chi connectivity index (χ2n) is 4.08. The zero-order valence-electron chi connectivity index (χ0n) is 9.70. The second kappa shape index (κ2) is 6.72. The number of aliphatic hydroxyl groups is 1. The molecule has 0 bridgehead atoms. The van der Waals surface area contributed by atoms with Crippen LogP contribution in [0.5, 0.6) is 5.75 Å². The van der Waals surface area contributed by atoms with Gasteiger partial charge >= 0.3 is 0 Å². The van der Waals surface area contributed by atoms with Gasteiger partial charge in [0.05, 0.1) is 13.2 Å². The summed E-state index contributed by atoms with van der Waals surface area (Å²) in [6.45, 7) is 2.53. The normalized spacial score (nSPS) is 26.8. The van der Waals surface area contributed by atoms with Crippen LogP contribution in [0.2, 0.25) is 0 Å². The van der Waals surface area contributed by atoms with E-state index in [1.165, 1.54) is 3.57 Å². The maximum absolute atomic E-state index is 9.66. The Labute approximate surface area is 147 Å². The maximum Gasteiger partial charge on any atom is 0.146 e. The Morgan fingerprint density at radius 1 is 1.28 bits per heavy atom. The summed E-state index contributed by atoms with van der Waals surface area (Å²) in [6.07, 6.45) is 0.0139. The molecule has 0 radical (unpaired) electrons. The first-order valence-electron chi connectivity index (χ1n) is 5.63. The molecule has 1 aliphatic carbocycles. The van der Waals surface area contributed by atoms with E-state index in [1.807, 2.05) is 6.92 Å². The molecular formula is C12H13I3O3. The average Bonchev–Trinajstić information content (AvgIpc) is 2.29. The maximum atomic E-state index is 9.66. The number of aliphatic hydroxyl groups excluding tert-OH is 1. The fourth-order valence-corrected chi connectivity index (χ4v) is 5.71. The summed E-state index contributed by atoms with van der Waals surface area (Å²) in [6, 6.07) is 4.17. The first kappa shape index (κ1) is 15.5. The SMILES string of the molecule is CCOC1C(O)CC1Oc1c(I)cc(I)cc1I. The van der Waals surface area contributed by atoms with Gasteiger partial charge in [0.15, 0.2) is 0 Å². The van der Waals surface area contributed by atoms with Gasteiger partial charge in [-0.1, -0.05) is 0 Å². The Bertz CT molecular complexity index is 416. The number of halogens is 3. The molecule has 0 saturated heterocycles. The topological polar surface area (TPSA) is 38.7 Å². The van der Waals surface area contributed by atoms with Gasteiger partial charge in [-0.2, -0.15) is 0 Å². The van der Waals surface area contributed by atoms with E-state index >= 15 is 0 Å². The summed E-state index contributed by atoms with van der Waals surface area (Å²) in [5.41, 5.74) is 0. The molecule has 1 aliphatic rings. The number of ether oxygens (including phenoxy) is 2. The van der Waals surface area contributed by atoms with Crippen LogP contribution in [-0.2, 0) is 4.74 Å². The Balaban J connectivity index is 2.10. The standard InChI is InChI=1S/C12H13I3O3/c1-2-17-12-9(16)5-10(12)18-11-7(14)3-6(13)4-8(11)15/h3-4,9-10,12,16H,2,5H2,1H3. The van der Waals surface area contributed by atoms with Crippen LogP contribution in [0.4, 0.5) is 0 Å². The van der Waals surface area contributed by atoms with Crippen LogP contribution in [0, 0.1) is 10.7 Å². The second-order valence-corrected chi connectivity index (χ2v) is 7.65. The van der Waals surface area contributed by atoms with Crippen molar-refractivity contribution in [2.75, 3.05) is 6.61 Å². The summed E-state index contributed by atoms with van der Waals surface area (Å²) in [7, 11) is 0. The molecule has 1 saturated carbocycles. The van der Waals surface area contributed by atoms with Crippen LogP contribution in [0.3, 0.4) is 0 Å². The fourth-order valence-electron chi connectivity index (χ4n) is 1.88. The van der Waals surface area contributed by atoms with Gasteiger partial charge in [0, 0.05) is 16.6 Å². The third-order valence-corrected chi connectivity index (χ3v) is 5.04. The Morgan fingerprint density at radius 3 is 2.39 bits per heavy atom. The summed E-state index contributed by atoms with van der Waals surface area (Å²) < 4.78 is 14.9. The molecular weight excluding hydrogens is 573 g/mol. The average molecular weight is 586 g/mol. The lowest BCUT2D eigenvalue weighted by Gasteiger charge is -2.40. The lowest BCUT2D eigenvalue weighted by atomic mass is 9.88. The molecule has 0 heterocycles. The van der Waals surface area contributed by atoms with Crippen LogP contribution in [0.25, 0.3) is 0 Å². The van der Waals surface area contributed by atoms with Crippen LogP contribution >= 0.6 is 67.8 Å². The highest BCUT2D eigenvalue weighted by Crippen LogP contribution is 2.35. The zero-order valence-corrected chi connectivity index (χ0v) is 16.2. The molecule has 100 valence electrons. The third kappa shape index (κ3) is 3.41. The zero-order chi connectivity index (χ0) is 13.3. The predicted molar refractivity (Wildman–Crippen MR) is 95.0 cm³/mol. The molecule has 2 rings (SSSR count). The van der Waals surface area contributed by atoms with Crippen molar-refractivity contribution in [2.45, 2.75) is 31.7 Å². The van der Waals surface area contributed by atoms with Crippen LogP contribution in [0.1, 0.15) is 13.3 Å². The summed E-state index contributed by atoms with van der Waals surface area (Å²) >= 11 is 6.86. The summed E-state index contributed by atoms with van der Waals surface area (Å²) in [4.78, 5) is 0. The molecule has 0 aromatic heterocycles. The lowest BCUT2D eigenvalue weighted by molar-refractivity contribution is -0.160. The molecule has 3 atom stereocenters. The molecule has 1 fully saturated rings. The van der Waals surface area contributed by atoms with Gasteiger partial charge in [0.2, 0.25) is 0 Å². The van der Waals surface area contributed by atoms with E-state index in [0.29, 0.717) is 13.0 Å². The molecule has 1 aromatic rings. The van der Waals surface area contributed by atoms with E-state index in [0.717, 1.165) is 12.9 Å². The predicted octanol–water partition coefficient (Wildman–Crippen LogP) is 3.42. The largest absolute Gasteiger partial charge is 0.485 e. The monoisotopic (exact) mass is 586 g/mol. The van der Waals surface area contributed by atoms with Gasteiger partial charge in [-0.05, 0) is 86.8 Å². The Hall–Kier alpha value is 1.13. The van der Waals surface area contributed by atoms with E-state index in [4.69, 9.17) is 9.47 Å². The fraction of sp³-hybridized carbons (Fsp3) is 0.500. The third-order valence-electron chi connectivity index (χ3n) is 2.81. The molecule has 3 nitrogen and oxygen atoms in total. The van der Waals surface area contributed by atoms with Gasteiger partial charge in [-0.15, -0.1) is 0 Å². The number of hydrogen-bond acceptors (Lipinski definition) is 3. The minimum absolute atomic E-state index is 0.0398. The summed E-state index contributed by atoms with van der Waals surface area (Å²) in [5.74, 6) is 0.901. The van der Waals surface area contributed by atoms with Crippen molar-refractivity contribution in [3.05, 3.63) is 22.8 Å². The van der Waals surface area contributed by atoms with Gasteiger partial charge in [0.1, 0.15) is 18.0 Å². The van der Waals surface area contributed by atoms with Gasteiger partial charge in [-0.25, -0.2) is 0 Å². The molecule has 1 N–H and O–H groups in total. The molecule has 1 aromatic carbocycles. The highest BCUT2D eigenvalue weighted by Gasteiger charge is 2.43.